The number of hydrogen-bond acceptors (Lipinski definition) is 7. The first-order chi connectivity index (χ1) is 13.8. The van der Waals surface area contributed by atoms with Gasteiger partial charge < -0.3 is 31.6 Å². The molecule has 0 fully saturated rings. The molecular weight excluding hydrogens is 384 g/mol. The molecular formula is C22H32N4O4. The highest BCUT2D eigenvalue weighted by Gasteiger charge is 2.21. The summed E-state index contributed by atoms with van der Waals surface area (Å²) >= 11 is 0. The molecule has 8 heteroatoms. The number of amides is 1. The standard InChI is InChI=1S/C22H29N3O4.H3N/c1-14-6-7-16(11-20(14)29-13-21(26)25(3)4)17(12-22(27)28-5)15-8-9-19(24-2)18(23)10-15;/h6-11,17,24H,12-13,23H2,1-5H3;1H3. The fraction of sp³-hybridized carbons (Fsp3) is 0.364. The first kappa shape index (κ1) is 24.8. The van der Waals surface area contributed by atoms with Crippen molar-refractivity contribution in [1.82, 2.24) is 11.1 Å². The number of nitrogen functional groups attached to an aromatic ring is 1. The predicted octanol–water partition coefficient (Wildman–Crippen LogP) is 2.94. The van der Waals surface area contributed by atoms with Crippen LogP contribution in [0.25, 0.3) is 0 Å². The second-order valence-corrected chi connectivity index (χ2v) is 7.03. The molecule has 1 unspecified atom stereocenters. The van der Waals surface area contributed by atoms with Crippen molar-refractivity contribution in [2.24, 2.45) is 0 Å². The van der Waals surface area contributed by atoms with E-state index >= 15 is 0 Å². The Hall–Kier alpha value is -3.26. The minimum atomic E-state index is -0.322. The van der Waals surface area contributed by atoms with Gasteiger partial charge in [0.05, 0.1) is 24.9 Å². The number of benzene rings is 2. The summed E-state index contributed by atoms with van der Waals surface area (Å²) in [5.74, 6) is -0.107. The van der Waals surface area contributed by atoms with E-state index in [0.717, 1.165) is 22.4 Å². The molecule has 0 aliphatic rings. The van der Waals surface area contributed by atoms with E-state index in [1.165, 1.54) is 12.0 Å². The van der Waals surface area contributed by atoms with E-state index < -0.39 is 0 Å². The topological polar surface area (TPSA) is 129 Å². The smallest absolute Gasteiger partial charge is 0.306 e. The van der Waals surface area contributed by atoms with Crippen LogP contribution in [-0.2, 0) is 14.3 Å². The maximum Gasteiger partial charge on any atom is 0.306 e. The molecule has 0 aromatic heterocycles. The molecule has 30 heavy (non-hydrogen) atoms. The fourth-order valence-electron chi connectivity index (χ4n) is 2.96. The van der Waals surface area contributed by atoms with E-state index in [1.54, 1.807) is 21.1 Å². The molecule has 164 valence electrons. The number of aryl methyl sites for hydroxylation is 1. The lowest BCUT2D eigenvalue weighted by atomic mass is 9.87. The summed E-state index contributed by atoms with van der Waals surface area (Å²) in [5.41, 5.74) is 10.2. The third-order valence-corrected chi connectivity index (χ3v) is 4.81. The second-order valence-electron chi connectivity index (χ2n) is 7.03. The number of methoxy groups -OCH3 is 1. The molecule has 0 saturated carbocycles. The van der Waals surface area contributed by atoms with Crippen molar-refractivity contribution in [3.05, 3.63) is 53.1 Å². The van der Waals surface area contributed by atoms with Crippen molar-refractivity contribution >= 4 is 23.3 Å². The molecule has 0 aliphatic carbocycles. The summed E-state index contributed by atoms with van der Waals surface area (Å²) in [6.45, 7) is 1.86. The number of rotatable bonds is 8. The van der Waals surface area contributed by atoms with E-state index in [1.807, 2.05) is 43.3 Å². The van der Waals surface area contributed by atoms with Crippen molar-refractivity contribution in [2.45, 2.75) is 19.3 Å². The summed E-state index contributed by atoms with van der Waals surface area (Å²) in [6.07, 6.45) is 0.161. The largest absolute Gasteiger partial charge is 0.483 e. The van der Waals surface area contributed by atoms with Gasteiger partial charge in [-0.15, -0.1) is 0 Å². The van der Waals surface area contributed by atoms with Gasteiger partial charge in [-0.25, -0.2) is 0 Å². The average Bonchev–Trinajstić information content (AvgIpc) is 2.70. The summed E-state index contributed by atoms with van der Waals surface area (Å²) in [4.78, 5) is 25.4. The minimum Gasteiger partial charge on any atom is -0.483 e. The van der Waals surface area contributed by atoms with Crippen LogP contribution in [0.3, 0.4) is 0 Å². The maximum atomic E-state index is 12.1. The minimum absolute atomic E-state index is 0. The van der Waals surface area contributed by atoms with Crippen LogP contribution in [0.4, 0.5) is 11.4 Å². The zero-order valence-corrected chi connectivity index (χ0v) is 18.3. The summed E-state index contributed by atoms with van der Waals surface area (Å²) in [7, 11) is 6.53. The molecule has 8 nitrogen and oxygen atoms in total. The zero-order chi connectivity index (χ0) is 21.6. The van der Waals surface area contributed by atoms with Crippen molar-refractivity contribution in [3.63, 3.8) is 0 Å². The van der Waals surface area contributed by atoms with E-state index in [4.69, 9.17) is 15.2 Å². The van der Waals surface area contributed by atoms with E-state index in [2.05, 4.69) is 5.32 Å². The molecule has 2 aromatic rings. The first-order valence-electron chi connectivity index (χ1n) is 9.34. The third kappa shape index (κ3) is 6.12. The number of ether oxygens (including phenoxy) is 2. The lowest BCUT2D eigenvalue weighted by Gasteiger charge is -2.20. The summed E-state index contributed by atoms with van der Waals surface area (Å²) in [6, 6.07) is 11.4. The van der Waals surface area contributed by atoms with E-state index in [-0.39, 0.29) is 37.0 Å². The molecule has 1 atom stereocenters. The van der Waals surface area contributed by atoms with Gasteiger partial charge >= 0.3 is 5.97 Å². The molecule has 0 bridgehead atoms. The second kappa shape index (κ2) is 11.1. The van der Waals surface area contributed by atoms with Crippen molar-refractivity contribution in [3.8, 4) is 5.75 Å². The molecule has 0 spiro atoms. The van der Waals surface area contributed by atoms with Gasteiger partial charge in [0, 0.05) is 27.1 Å². The van der Waals surface area contributed by atoms with Crippen LogP contribution < -0.4 is 21.9 Å². The van der Waals surface area contributed by atoms with Gasteiger partial charge in [0.15, 0.2) is 6.61 Å². The van der Waals surface area contributed by atoms with Crippen LogP contribution in [0, 0.1) is 6.92 Å². The molecule has 0 radical (unpaired) electrons. The number of hydrogen-bond donors (Lipinski definition) is 3. The van der Waals surface area contributed by atoms with Crippen molar-refractivity contribution < 1.29 is 19.1 Å². The third-order valence-electron chi connectivity index (χ3n) is 4.81. The van der Waals surface area contributed by atoms with Crippen molar-refractivity contribution in [2.75, 3.05) is 45.9 Å². The Kier molecular flexibility index (Phi) is 9.14. The Morgan fingerprint density at radius 2 is 1.77 bits per heavy atom. The molecule has 0 aliphatic heterocycles. The Balaban J connectivity index is 0.00000450. The summed E-state index contributed by atoms with van der Waals surface area (Å²) in [5, 5.41) is 3.03. The molecule has 6 N–H and O–H groups in total. The van der Waals surface area contributed by atoms with Crippen LogP contribution in [0.15, 0.2) is 36.4 Å². The average molecular weight is 417 g/mol. The normalized spacial score (nSPS) is 11.1. The molecule has 2 aromatic carbocycles. The van der Waals surface area contributed by atoms with Crippen LogP contribution in [0.2, 0.25) is 0 Å². The number of esters is 1. The highest BCUT2D eigenvalue weighted by molar-refractivity contribution is 5.77. The molecule has 0 saturated heterocycles. The number of nitrogens with two attached hydrogens (primary N) is 1. The number of nitrogens with one attached hydrogen (secondary N) is 1. The van der Waals surface area contributed by atoms with Gasteiger partial charge in [-0.05, 0) is 41.8 Å². The Morgan fingerprint density at radius 1 is 1.13 bits per heavy atom. The summed E-state index contributed by atoms with van der Waals surface area (Å²) < 4.78 is 10.6. The van der Waals surface area contributed by atoms with Gasteiger partial charge in [-0.2, -0.15) is 0 Å². The Morgan fingerprint density at radius 3 is 2.33 bits per heavy atom. The van der Waals surface area contributed by atoms with E-state index in [0.29, 0.717) is 11.4 Å². The Bertz CT molecular complexity index is 883. The highest BCUT2D eigenvalue weighted by Crippen LogP contribution is 2.34. The van der Waals surface area contributed by atoms with Gasteiger partial charge in [-0.1, -0.05) is 18.2 Å². The van der Waals surface area contributed by atoms with Crippen LogP contribution in [0.1, 0.15) is 29.0 Å². The maximum absolute atomic E-state index is 12.1. The van der Waals surface area contributed by atoms with Gasteiger partial charge in [0.1, 0.15) is 5.75 Å². The SMILES string of the molecule is CNc1ccc(C(CC(=O)OC)c2ccc(C)c(OCC(=O)N(C)C)c2)cc1N.N. The molecule has 0 heterocycles. The predicted molar refractivity (Wildman–Crippen MR) is 119 cm³/mol. The van der Waals surface area contributed by atoms with E-state index in [9.17, 15) is 9.59 Å². The lowest BCUT2D eigenvalue weighted by molar-refractivity contribution is -0.140. The van der Waals surface area contributed by atoms with Crippen molar-refractivity contribution in [1.29, 1.82) is 0 Å². The number of anilines is 2. The Labute approximate surface area is 177 Å². The van der Waals surface area contributed by atoms with Crippen LogP contribution >= 0.6 is 0 Å². The monoisotopic (exact) mass is 416 g/mol. The quantitative estimate of drug-likeness (QED) is 0.446. The number of carbonyl (C=O) groups excluding carboxylic acids is 2. The van der Waals surface area contributed by atoms with Gasteiger partial charge in [0.2, 0.25) is 0 Å². The molecule has 1 amide bonds. The van der Waals surface area contributed by atoms with Gasteiger partial charge in [0.25, 0.3) is 5.91 Å². The zero-order valence-electron chi connectivity index (χ0n) is 18.3. The highest BCUT2D eigenvalue weighted by atomic mass is 16.5. The number of nitrogens with zero attached hydrogens (tertiary/aromatic N) is 1. The van der Waals surface area contributed by atoms with Crippen LogP contribution in [0.5, 0.6) is 5.75 Å². The first-order valence-corrected chi connectivity index (χ1v) is 9.34. The number of likely N-dealkylation sites (N-methyl/N-ethyl adjacent to an activating group) is 1. The molecule has 2 rings (SSSR count). The van der Waals surface area contributed by atoms with Crippen LogP contribution in [-0.4, -0.2) is 51.6 Å². The lowest BCUT2D eigenvalue weighted by Crippen LogP contribution is -2.27. The number of carbonyl (C=O) groups is 2. The fourth-order valence-corrected chi connectivity index (χ4v) is 2.96. The van der Waals surface area contributed by atoms with Gasteiger partial charge in [-0.3, -0.25) is 9.59 Å².